The summed E-state index contributed by atoms with van der Waals surface area (Å²) in [5.74, 6) is -4.42. The number of nitrogens with zero attached hydrogens (tertiary/aromatic N) is 4. The second-order valence-corrected chi connectivity index (χ2v) is 10.1. The summed E-state index contributed by atoms with van der Waals surface area (Å²) in [4.78, 5) is 27.1. The molecule has 1 N–H and O–H groups in total. The van der Waals surface area contributed by atoms with Crippen LogP contribution in [0.15, 0.2) is 36.7 Å². The Labute approximate surface area is 208 Å². The molecule has 192 valence electrons. The highest BCUT2D eigenvalue weighted by Crippen LogP contribution is 2.38. The number of likely N-dealkylation sites (tertiary alicyclic amines) is 1. The fraction of sp³-hybridized carbons (Fsp3) is 0.417. The van der Waals surface area contributed by atoms with Gasteiger partial charge in [-0.2, -0.15) is 13.2 Å². The molecule has 3 aromatic rings. The summed E-state index contributed by atoms with van der Waals surface area (Å²) < 4.78 is 67.6. The molecule has 1 aromatic carbocycles. The number of carbonyl (C=O) groups excluding carboxylic acids is 1. The van der Waals surface area contributed by atoms with Crippen molar-refractivity contribution in [1.82, 2.24) is 19.9 Å². The van der Waals surface area contributed by atoms with E-state index in [1.54, 1.807) is 13.8 Å². The van der Waals surface area contributed by atoms with Crippen LogP contribution in [-0.4, -0.2) is 50.8 Å². The van der Waals surface area contributed by atoms with Gasteiger partial charge in [-0.05, 0) is 30.9 Å². The van der Waals surface area contributed by atoms with Crippen molar-refractivity contribution < 1.29 is 26.7 Å². The van der Waals surface area contributed by atoms with E-state index in [4.69, 9.17) is 0 Å². The van der Waals surface area contributed by atoms with Gasteiger partial charge in [0.25, 0.3) is 11.8 Å². The first kappa shape index (κ1) is 25.9. The fourth-order valence-corrected chi connectivity index (χ4v) is 5.36. The monoisotopic (exact) mass is 525 g/mol. The van der Waals surface area contributed by atoms with Crippen molar-refractivity contribution in [3.8, 4) is 10.4 Å². The van der Waals surface area contributed by atoms with Crippen LogP contribution in [0.1, 0.15) is 40.0 Å². The Morgan fingerprint density at radius 2 is 1.86 bits per heavy atom. The lowest BCUT2D eigenvalue weighted by atomic mass is 9.88. The molecule has 4 rings (SSSR count). The number of alkyl halides is 5. The second kappa shape index (κ2) is 9.72. The number of aryl methyl sites for hydroxylation is 2. The van der Waals surface area contributed by atoms with E-state index in [1.807, 2.05) is 31.2 Å². The number of benzene rings is 1. The second-order valence-electron chi connectivity index (χ2n) is 8.94. The molecular formula is C24H24F5N5OS. The van der Waals surface area contributed by atoms with Crippen LogP contribution in [0.2, 0.25) is 0 Å². The van der Waals surface area contributed by atoms with Crippen molar-refractivity contribution in [2.75, 3.05) is 18.4 Å². The molecule has 6 nitrogen and oxygen atoms in total. The maximum absolute atomic E-state index is 14.6. The summed E-state index contributed by atoms with van der Waals surface area (Å²) >= 11 is 1.32. The Morgan fingerprint density at radius 3 is 2.50 bits per heavy atom. The van der Waals surface area contributed by atoms with Crippen LogP contribution < -0.4 is 5.32 Å². The van der Waals surface area contributed by atoms with E-state index < -0.39 is 48.5 Å². The van der Waals surface area contributed by atoms with Crippen LogP contribution in [0, 0.1) is 19.8 Å². The Hall–Kier alpha value is -3.15. The van der Waals surface area contributed by atoms with Crippen LogP contribution in [0.4, 0.5) is 27.9 Å². The van der Waals surface area contributed by atoms with Gasteiger partial charge in [0.15, 0.2) is 0 Å². The summed E-state index contributed by atoms with van der Waals surface area (Å²) in [6.07, 6.45) is -3.73. The van der Waals surface area contributed by atoms with Crippen molar-refractivity contribution in [3.63, 3.8) is 0 Å². The molecule has 1 fully saturated rings. The van der Waals surface area contributed by atoms with Crippen molar-refractivity contribution in [2.24, 2.45) is 5.92 Å². The quantitative estimate of drug-likeness (QED) is 0.424. The first-order valence-corrected chi connectivity index (χ1v) is 12.0. The number of hydrogen-bond acceptors (Lipinski definition) is 6. The van der Waals surface area contributed by atoms with Gasteiger partial charge in [-0.25, -0.2) is 23.7 Å². The average molecular weight is 526 g/mol. The number of rotatable bonds is 5. The third kappa shape index (κ3) is 5.48. The van der Waals surface area contributed by atoms with Crippen molar-refractivity contribution in [2.45, 2.75) is 45.3 Å². The van der Waals surface area contributed by atoms with E-state index in [1.165, 1.54) is 11.3 Å². The normalized spacial score (nSPS) is 19.8. The van der Waals surface area contributed by atoms with Crippen LogP contribution in [0.3, 0.4) is 0 Å². The van der Waals surface area contributed by atoms with Crippen molar-refractivity contribution in [1.29, 1.82) is 0 Å². The van der Waals surface area contributed by atoms with Crippen LogP contribution in [-0.2, 0) is 6.18 Å². The molecule has 1 saturated heterocycles. The summed E-state index contributed by atoms with van der Waals surface area (Å²) in [5.41, 5.74) is 0.826. The van der Waals surface area contributed by atoms with Gasteiger partial charge in [0.1, 0.15) is 5.69 Å². The van der Waals surface area contributed by atoms with Gasteiger partial charge >= 0.3 is 6.18 Å². The Morgan fingerprint density at radius 1 is 1.19 bits per heavy atom. The van der Waals surface area contributed by atoms with Gasteiger partial charge in [0.05, 0.1) is 28.0 Å². The van der Waals surface area contributed by atoms with Crippen LogP contribution >= 0.6 is 11.3 Å². The van der Waals surface area contributed by atoms with E-state index in [0.29, 0.717) is 22.3 Å². The minimum absolute atomic E-state index is 0.0167. The predicted octanol–water partition coefficient (Wildman–Crippen LogP) is 5.83. The van der Waals surface area contributed by atoms with E-state index in [9.17, 15) is 26.7 Å². The SMILES string of the molecule is Cc1nc(C(=O)N2CC(F)(F)C[C@@H](C)C2CNc2ncc(C(F)(F)F)cn2)c(-c2ccccc2C)s1. The lowest BCUT2D eigenvalue weighted by Crippen LogP contribution is -2.57. The molecule has 0 saturated carbocycles. The zero-order valence-corrected chi connectivity index (χ0v) is 20.6. The standard InChI is InChI=1S/C24H24F5N5OS/c1-13-6-4-5-7-17(13)20-19(33-15(3)36-20)21(35)34-12-23(25,26)8-14(2)18(34)11-32-22-30-9-16(10-31-22)24(27,28)29/h4-7,9-10,14,18H,8,11-12H2,1-3H3,(H,30,31,32)/t14-,18?/m1/s1. The number of aromatic nitrogens is 3. The minimum atomic E-state index is -4.58. The summed E-state index contributed by atoms with van der Waals surface area (Å²) in [5, 5.41) is 3.43. The molecule has 1 unspecified atom stereocenters. The first-order valence-electron chi connectivity index (χ1n) is 11.2. The van der Waals surface area contributed by atoms with Gasteiger partial charge in [0, 0.05) is 25.4 Å². The topological polar surface area (TPSA) is 71.0 Å². The molecule has 0 aliphatic carbocycles. The largest absolute Gasteiger partial charge is 0.419 e. The number of halogens is 5. The molecule has 36 heavy (non-hydrogen) atoms. The molecule has 2 aromatic heterocycles. The Bertz CT molecular complexity index is 1240. The fourth-order valence-electron chi connectivity index (χ4n) is 4.36. The number of hydrogen-bond donors (Lipinski definition) is 1. The summed E-state index contributed by atoms with van der Waals surface area (Å²) in [7, 11) is 0. The molecule has 1 amide bonds. The number of amides is 1. The smallest absolute Gasteiger partial charge is 0.352 e. The highest BCUT2D eigenvalue weighted by molar-refractivity contribution is 7.15. The number of thiazole rings is 1. The Kier molecular flexibility index (Phi) is 7.00. The highest BCUT2D eigenvalue weighted by atomic mass is 32.1. The van der Waals surface area contributed by atoms with E-state index in [2.05, 4.69) is 20.3 Å². The van der Waals surface area contributed by atoms with Gasteiger partial charge in [-0.1, -0.05) is 31.2 Å². The zero-order chi connectivity index (χ0) is 26.3. The van der Waals surface area contributed by atoms with Gasteiger partial charge in [0.2, 0.25) is 5.95 Å². The van der Waals surface area contributed by atoms with E-state index >= 15 is 0 Å². The lowest BCUT2D eigenvalue weighted by molar-refractivity contribution is -0.138. The molecule has 1 aliphatic rings. The van der Waals surface area contributed by atoms with Crippen molar-refractivity contribution in [3.05, 3.63) is 58.5 Å². The third-order valence-corrected chi connectivity index (χ3v) is 7.12. The predicted molar refractivity (Wildman–Crippen MR) is 126 cm³/mol. The summed E-state index contributed by atoms with van der Waals surface area (Å²) in [6.45, 7) is 4.45. The molecule has 2 atom stereocenters. The van der Waals surface area contributed by atoms with Crippen molar-refractivity contribution >= 4 is 23.2 Å². The number of nitrogens with one attached hydrogen (secondary N) is 1. The molecule has 3 heterocycles. The Balaban J connectivity index is 1.62. The number of anilines is 1. The number of piperidine rings is 1. The van der Waals surface area contributed by atoms with E-state index in [-0.39, 0.29) is 18.2 Å². The van der Waals surface area contributed by atoms with Crippen LogP contribution in [0.5, 0.6) is 0 Å². The molecule has 0 radical (unpaired) electrons. The maximum Gasteiger partial charge on any atom is 0.419 e. The van der Waals surface area contributed by atoms with Crippen LogP contribution in [0.25, 0.3) is 10.4 Å². The highest BCUT2D eigenvalue weighted by Gasteiger charge is 2.47. The third-order valence-electron chi connectivity index (χ3n) is 6.12. The summed E-state index contributed by atoms with van der Waals surface area (Å²) in [6, 6.07) is 6.76. The first-order chi connectivity index (χ1) is 16.9. The molecule has 0 bridgehead atoms. The molecule has 0 spiro atoms. The molecule has 1 aliphatic heterocycles. The van der Waals surface area contributed by atoms with Gasteiger partial charge in [-0.3, -0.25) is 4.79 Å². The maximum atomic E-state index is 14.6. The van der Waals surface area contributed by atoms with Gasteiger partial charge < -0.3 is 10.2 Å². The zero-order valence-electron chi connectivity index (χ0n) is 19.7. The minimum Gasteiger partial charge on any atom is -0.352 e. The number of carbonyl (C=O) groups is 1. The molecule has 12 heteroatoms. The average Bonchev–Trinajstić information content (AvgIpc) is 3.18. The molecular weight excluding hydrogens is 501 g/mol. The van der Waals surface area contributed by atoms with Gasteiger partial charge in [-0.15, -0.1) is 11.3 Å². The van der Waals surface area contributed by atoms with E-state index in [0.717, 1.165) is 16.0 Å². The lowest BCUT2D eigenvalue weighted by Gasteiger charge is -2.43.